The molecule has 7 nitrogen and oxygen atoms in total. The summed E-state index contributed by atoms with van der Waals surface area (Å²) >= 11 is 1.25. The van der Waals surface area contributed by atoms with Crippen molar-refractivity contribution in [2.45, 2.75) is 40.0 Å². The zero-order chi connectivity index (χ0) is 16.3. The van der Waals surface area contributed by atoms with E-state index in [9.17, 15) is 14.7 Å². The van der Waals surface area contributed by atoms with Gasteiger partial charge in [-0.2, -0.15) is 4.52 Å². The number of aryl methyl sites for hydroxylation is 1. The van der Waals surface area contributed by atoms with Crippen molar-refractivity contribution >= 4 is 27.4 Å². The van der Waals surface area contributed by atoms with E-state index in [1.54, 1.807) is 0 Å². The highest BCUT2D eigenvalue weighted by atomic mass is 32.1. The molecule has 0 spiro atoms. The topological polar surface area (TPSA) is 96.6 Å². The fourth-order valence-corrected chi connectivity index (χ4v) is 3.05. The van der Waals surface area contributed by atoms with E-state index >= 15 is 0 Å². The standard InChI is InChI=1S/C14H20N4O3S/c1-4-9-7-10(19)18-13(16-9)22-12(17-18)15-8-14(5-2,6-3)11(20)21/h7H,4-6,8H2,1-3H3,(H,15,17)(H,20,21). The van der Waals surface area contributed by atoms with Crippen molar-refractivity contribution in [3.8, 4) is 0 Å². The molecule has 0 unspecified atom stereocenters. The van der Waals surface area contributed by atoms with Crippen molar-refractivity contribution in [2.75, 3.05) is 11.9 Å². The minimum atomic E-state index is -0.829. The smallest absolute Gasteiger partial charge is 0.311 e. The molecule has 0 aliphatic carbocycles. The van der Waals surface area contributed by atoms with Crippen LogP contribution in [0.5, 0.6) is 0 Å². The van der Waals surface area contributed by atoms with Gasteiger partial charge in [0.2, 0.25) is 10.1 Å². The Morgan fingerprint density at radius 3 is 2.64 bits per heavy atom. The van der Waals surface area contributed by atoms with E-state index in [1.807, 2.05) is 20.8 Å². The Bertz CT molecular complexity index is 733. The number of aliphatic carboxylic acids is 1. The lowest BCUT2D eigenvalue weighted by molar-refractivity contribution is -0.148. The second-order valence-electron chi connectivity index (χ2n) is 5.19. The number of carboxylic acids is 1. The third-order valence-electron chi connectivity index (χ3n) is 4.05. The third kappa shape index (κ3) is 2.96. The molecule has 8 heteroatoms. The molecule has 0 radical (unpaired) electrons. The summed E-state index contributed by atoms with van der Waals surface area (Å²) < 4.78 is 1.24. The summed E-state index contributed by atoms with van der Waals surface area (Å²) in [6.45, 7) is 5.92. The van der Waals surface area contributed by atoms with Gasteiger partial charge in [0, 0.05) is 18.3 Å². The van der Waals surface area contributed by atoms with E-state index in [0.717, 1.165) is 5.69 Å². The van der Waals surface area contributed by atoms with Crippen LogP contribution in [0.1, 0.15) is 39.3 Å². The van der Waals surface area contributed by atoms with E-state index in [0.29, 0.717) is 29.4 Å². The maximum atomic E-state index is 11.9. The Morgan fingerprint density at radius 2 is 2.09 bits per heavy atom. The molecule has 0 aliphatic rings. The van der Waals surface area contributed by atoms with E-state index < -0.39 is 11.4 Å². The summed E-state index contributed by atoms with van der Waals surface area (Å²) in [5.74, 6) is -0.824. The number of hydrogen-bond donors (Lipinski definition) is 2. The maximum Gasteiger partial charge on any atom is 0.311 e. The van der Waals surface area contributed by atoms with Crippen molar-refractivity contribution in [1.82, 2.24) is 14.6 Å². The monoisotopic (exact) mass is 324 g/mol. The minimum Gasteiger partial charge on any atom is -0.481 e. The lowest BCUT2D eigenvalue weighted by Crippen LogP contribution is -2.36. The van der Waals surface area contributed by atoms with Crippen LogP contribution >= 0.6 is 11.3 Å². The van der Waals surface area contributed by atoms with Crippen molar-refractivity contribution in [2.24, 2.45) is 5.41 Å². The molecule has 0 bridgehead atoms. The normalized spacial score (nSPS) is 11.8. The molecule has 0 aliphatic heterocycles. The van der Waals surface area contributed by atoms with Gasteiger partial charge in [-0.3, -0.25) is 9.59 Å². The number of hydrogen-bond acceptors (Lipinski definition) is 6. The Hall–Kier alpha value is -1.96. The van der Waals surface area contributed by atoms with E-state index in [4.69, 9.17) is 0 Å². The molecule has 22 heavy (non-hydrogen) atoms. The number of carboxylic acid groups (broad SMARTS) is 1. The molecule has 0 atom stereocenters. The van der Waals surface area contributed by atoms with Gasteiger partial charge in [-0.25, -0.2) is 4.98 Å². The molecular weight excluding hydrogens is 304 g/mol. The van der Waals surface area contributed by atoms with Gasteiger partial charge in [0.05, 0.1) is 5.41 Å². The summed E-state index contributed by atoms with van der Waals surface area (Å²) in [5, 5.41) is 17.2. The molecule has 0 fully saturated rings. The highest BCUT2D eigenvalue weighted by Crippen LogP contribution is 2.28. The third-order valence-corrected chi connectivity index (χ3v) is 4.91. The molecule has 120 valence electrons. The zero-order valence-corrected chi connectivity index (χ0v) is 13.7. The average Bonchev–Trinajstić information content (AvgIpc) is 2.92. The summed E-state index contributed by atoms with van der Waals surface area (Å²) in [4.78, 5) is 28.3. The van der Waals surface area contributed by atoms with Crippen LogP contribution in [0.15, 0.2) is 10.9 Å². The number of rotatable bonds is 7. The molecule has 0 saturated carbocycles. The van der Waals surface area contributed by atoms with Gasteiger partial charge in [-0.1, -0.05) is 32.1 Å². The van der Waals surface area contributed by atoms with Gasteiger partial charge >= 0.3 is 5.97 Å². The Morgan fingerprint density at radius 1 is 1.41 bits per heavy atom. The first-order valence-electron chi connectivity index (χ1n) is 7.32. The molecule has 0 saturated heterocycles. The molecule has 2 N–H and O–H groups in total. The maximum absolute atomic E-state index is 11.9. The van der Waals surface area contributed by atoms with Crippen LogP contribution in [0, 0.1) is 5.41 Å². The number of carbonyl (C=O) groups is 1. The van der Waals surface area contributed by atoms with Crippen LogP contribution in [-0.2, 0) is 11.2 Å². The van der Waals surface area contributed by atoms with Crippen LogP contribution in [0.2, 0.25) is 0 Å². The van der Waals surface area contributed by atoms with Gasteiger partial charge in [0.25, 0.3) is 5.56 Å². The van der Waals surface area contributed by atoms with Gasteiger partial charge < -0.3 is 10.4 Å². The Kier molecular flexibility index (Phi) is 4.80. The van der Waals surface area contributed by atoms with Crippen molar-refractivity contribution < 1.29 is 9.90 Å². The molecule has 2 heterocycles. The van der Waals surface area contributed by atoms with E-state index in [2.05, 4.69) is 15.4 Å². The van der Waals surface area contributed by atoms with Crippen molar-refractivity contribution in [3.63, 3.8) is 0 Å². The first-order chi connectivity index (χ1) is 10.5. The van der Waals surface area contributed by atoms with Crippen molar-refractivity contribution in [1.29, 1.82) is 0 Å². The Balaban J connectivity index is 2.27. The number of nitrogens with one attached hydrogen (secondary N) is 1. The largest absolute Gasteiger partial charge is 0.481 e. The number of aromatic nitrogens is 3. The van der Waals surface area contributed by atoms with E-state index in [-0.39, 0.29) is 12.1 Å². The number of fused-ring (bicyclic) bond motifs is 1. The first kappa shape index (κ1) is 16.4. The summed E-state index contributed by atoms with van der Waals surface area (Å²) in [7, 11) is 0. The molecular formula is C14H20N4O3S. The van der Waals surface area contributed by atoms with Gasteiger partial charge in [-0.15, -0.1) is 5.10 Å². The van der Waals surface area contributed by atoms with Crippen LogP contribution in [-0.4, -0.2) is 32.2 Å². The zero-order valence-electron chi connectivity index (χ0n) is 12.9. The molecule has 2 rings (SSSR count). The molecule has 0 aromatic carbocycles. The van der Waals surface area contributed by atoms with Crippen LogP contribution < -0.4 is 10.9 Å². The molecule has 2 aromatic heterocycles. The average molecular weight is 324 g/mol. The quantitative estimate of drug-likeness (QED) is 0.809. The predicted octanol–water partition coefficient (Wildman–Crippen LogP) is 2.02. The summed E-state index contributed by atoms with van der Waals surface area (Å²) in [6, 6.07) is 1.47. The van der Waals surface area contributed by atoms with Crippen LogP contribution in [0.3, 0.4) is 0 Å². The van der Waals surface area contributed by atoms with Crippen LogP contribution in [0.25, 0.3) is 4.96 Å². The summed E-state index contributed by atoms with van der Waals surface area (Å²) in [6.07, 6.45) is 1.73. The van der Waals surface area contributed by atoms with Crippen molar-refractivity contribution in [3.05, 3.63) is 22.1 Å². The lowest BCUT2D eigenvalue weighted by atomic mass is 9.82. The number of anilines is 1. The lowest BCUT2D eigenvalue weighted by Gasteiger charge is -2.26. The summed E-state index contributed by atoms with van der Waals surface area (Å²) in [5.41, 5.74) is -0.325. The highest BCUT2D eigenvalue weighted by Gasteiger charge is 2.34. The first-order valence-corrected chi connectivity index (χ1v) is 8.14. The van der Waals surface area contributed by atoms with Crippen LogP contribution in [0.4, 0.5) is 5.13 Å². The van der Waals surface area contributed by atoms with Gasteiger partial charge in [0.1, 0.15) is 0 Å². The second kappa shape index (κ2) is 6.43. The molecule has 2 aromatic rings. The second-order valence-corrected chi connectivity index (χ2v) is 6.14. The highest BCUT2D eigenvalue weighted by molar-refractivity contribution is 7.20. The SMILES string of the molecule is CCc1cc(=O)n2nc(NCC(CC)(CC)C(=O)O)sc2n1. The minimum absolute atomic E-state index is 0.221. The molecule has 0 amide bonds. The fourth-order valence-electron chi connectivity index (χ4n) is 2.23. The predicted molar refractivity (Wildman–Crippen MR) is 85.7 cm³/mol. The van der Waals surface area contributed by atoms with Gasteiger partial charge in [-0.05, 0) is 19.3 Å². The number of nitrogens with zero attached hydrogens (tertiary/aromatic N) is 3. The van der Waals surface area contributed by atoms with Gasteiger partial charge in [0.15, 0.2) is 0 Å². The fraction of sp³-hybridized carbons (Fsp3) is 0.571. The Labute approximate surface area is 132 Å². The van der Waals surface area contributed by atoms with E-state index in [1.165, 1.54) is 21.9 Å².